The first-order valence-corrected chi connectivity index (χ1v) is 10.7. The van der Waals surface area contributed by atoms with Gasteiger partial charge in [0, 0.05) is 18.3 Å². The van der Waals surface area contributed by atoms with Gasteiger partial charge in [0.1, 0.15) is 29.6 Å². The number of nitrogens with zero attached hydrogens (tertiary/aromatic N) is 6. The van der Waals surface area contributed by atoms with Crippen molar-refractivity contribution in [3.8, 4) is 17.0 Å². The lowest BCUT2D eigenvalue weighted by atomic mass is 10.1. The summed E-state index contributed by atoms with van der Waals surface area (Å²) in [7, 11) is 3.03. The van der Waals surface area contributed by atoms with Crippen LogP contribution in [-0.4, -0.2) is 74.9 Å². The van der Waals surface area contributed by atoms with Crippen molar-refractivity contribution in [2.24, 2.45) is 0 Å². The van der Waals surface area contributed by atoms with Gasteiger partial charge in [0.25, 0.3) is 5.92 Å². The van der Waals surface area contributed by atoms with Crippen LogP contribution in [0.15, 0.2) is 24.4 Å². The van der Waals surface area contributed by atoms with Crippen molar-refractivity contribution in [2.45, 2.75) is 25.4 Å². The fourth-order valence-corrected chi connectivity index (χ4v) is 4.54. The van der Waals surface area contributed by atoms with Gasteiger partial charge in [-0.05, 0) is 37.7 Å². The zero-order valence-electron chi connectivity index (χ0n) is 18.8. The van der Waals surface area contributed by atoms with Crippen molar-refractivity contribution in [1.82, 2.24) is 29.0 Å². The zero-order chi connectivity index (χ0) is 24.2. The van der Waals surface area contributed by atoms with Crippen molar-refractivity contribution < 1.29 is 22.3 Å². The lowest BCUT2D eigenvalue weighted by molar-refractivity contribution is 0.00583. The number of alkyl halides is 3. The Labute approximate surface area is 192 Å². The molecule has 0 bridgehead atoms. The number of likely N-dealkylation sites (N-methyl/N-ethyl adjacent to an activating group) is 1. The number of hydrogen-bond acceptors (Lipinski definition) is 6. The second kappa shape index (κ2) is 8.12. The predicted molar refractivity (Wildman–Crippen MR) is 119 cm³/mol. The molecule has 0 aliphatic carbocycles. The van der Waals surface area contributed by atoms with Crippen LogP contribution in [0.4, 0.5) is 23.5 Å². The fourth-order valence-electron chi connectivity index (χ4n) is 4.54. The summed E-state index contributed by atoms with van der Waals surface area (Å²) in [5, 5.41) is 7.03. The Morgan fingerprint density at radius 3 is 2.74 bits per heavy atom. The van der Waals surface area contributed by atoms with Gasteiger partial charge in [0.15, 0.2) is 5.82 Å². The van der Waals surface area contributed by atoms with Crippen LogP contribution in [0.3, 0.4) is 0 Å². The molecule has 1 aliphatic rings. The molecule has 0 spiro atoms. The Kier molecular flexibility index (Phi) is 5.34. The molecular formula is C22H23F4N7O. The van der Waals surface area contributed by atoms with Crippen molar-refractivity contribution in [3.63, 3.8) is 0 Å². The molecule has 0 saturated carbocycles. The Bertz CT molecular complexity index is 1380. The highest BCUT2D eigenvalue weighted by atomic mass is 19.3. The standard InChI is InChI=1S/C22H23F4N7O/c1-12-27-18-15(24)8-13(9-16(18)32(12)7-5-23)14-4-6-33-19(14)20(34-3)29-21(30-33)28-17-10-31(2)11-22(17,25)26/h4,6,8-9,17H,5,7,10-11H2,1-3H3,(H,28,30)/t17-/m1/s1. The minimum atomic E-state index is -2.93. The third-order valence-electron chi connectivity index (χ3n) is 6.08. The van der Waals surface area contributed by atoms with E-state index in [1.54, 1.807) is 36.9 Å². The zero-order valence-corrected chi connectivity index (χ0v) is 18.8. The molecule has 1 aromatic carbocycles. The molecule has 1 saturated heterocycles. The van der Waals surface area contributed by atoms with E-state index in [0.717, 1.165) is 0 Å². The number of nitrogens with one attached hydrogen (secondary N) is 1. The molecule has 1 aliphatic heterocycles. The van der Waals surface area contributed by atoms with E-state index in [1.165, 1.54) is 22.6 Å². The number of fused-ring (bicyclic) bond motifs is 2. The molecule has 4 heterocycles. The van der Waals surface area contributed by atoms with Crippen LogP contribution < -0.4 is 10.1 Å². The number of imidazole rings is 1. The molecule has 34 heavy (non-hydrogen) atoms. The summed E-state index contributed by atoms with van der Waals surface area (Å²) in [6.07, 6.45) is 1.62. The highest BCUT2D eigenvalue weighted by Crippen LogP contribution is 2.35. The smallest absolute Gasteiger partial charge is 0.281 e. The van der Waals surface area contributed by atoms with E-state index in [2.05, 4.69) is 20.4 Å². The van der Waals surface area contributed by atoms with Gasteiger partial charge in [0.2, 0.25) is 11.8 Å². The molecule has 0 unspecified atom stereocenters. The van der Waals surface area contributed by atoms with E-state index < -0.39 is 24.5 Å². The molecule has 1 atom stereocenters. The summed E-state index contributed by atoms with van der Waals surface area (Å²) in [4.78, 5) is 10.0. The SMILES string of the molecule is COc1nc(N[C@@H]2CN(C)CC2(F)F)nn2ccc(-c3cc(F)c4nc(C)n(CCF)c4c3)c12. The van der Waals surface area contributed by atoms with Crippen LogP contribution in [0, 0.1) is 12.7 Å². The van der Waals surface area contributed by atoms with E-state index in [4.69, 9.17) is 4.74 Å². The molecule has 3 aromatic heterocycles. The molecule has 1 N–H and O–H groups in total. The first-order chi connectivity index (χ1) is 16.2. The first kappa shape index (κ1) is 22.4. The number of aryl methyl sites for hydroxylation is 2. The van der Waals surface area contributed by atoms with Gasteiger partial charge in [0.05, 0.1) is 25.7 Å². The highest BCUT2D eigenvalue weighted by molar-refractivity contribution is 5.90. The minimum absolute atomic E-state index is 0.00949. The summed E-state index contributed by atoms with van der Waals surface area (Å²) in [6.45, 7) is 0.924. The number of rotatable bonds is 6. The number of ether oxygens (including phenoxy) is 1. The number of anilines is 1. The monoisotopic (exact) mass is 477 g/mol. The van der Waals surface area contributed by atoms with E-state index in [0.29, 0.717) is 28.0 Å². The Hall–Kier alpha value is -3.41. The van der Waals surface area contributed by atoms with Gasteiger partial charge in [-0.25, -0.2) is 27.1 Å². The summed E-state index contributed by atoms with van der Waals surface area (Å²) < 4.78 is 65.0. The number of methoxy groups -OCH3 is 1. The number of benzene rings is 1. The van der Waals surface area contributed by atoms with E-state index in [1.807, 2.05) is 0 Å². The number of aromatic nitrogens is 5. The molecule has 0 amide bonds. The van der Waals surface area contributed by atoms with Gasteiger partial charge in [-0.3, -0.25) is 4.90 Å². The maximum absolute atomic E-state index is 14.9. The van der Waals surface area contributed by atoms with E-state index in [-0.39, 0.29) is 37.0 Å². The second-order valence-corrected chi connectivity index (χ2v) is 8.45. The molecule has 12 heteroatoms. The van der Waals surface area contributed by atoms with Gasteiger partial charge >= 0.3 is 0 Å². The van der Waals surface area contributed by atoms with Gasteiger partial charge in [-0.15, -0.1) is 5.10 Å². The first-order valence-electron chi connectivity index (χ1n) is 10.7. The normalized spacial score (nSPS) is 18.3. The largest absolute Gasteiger partial charge is 0.479 e. The van der Waals surface area contributed by atoms with Crippen LogP contribution in [-0.2, 0) is 6.54 Å². The summed E-state index contributed by atoms with van der Waals surface area (Å²) in [6, 6.07) is 3.62. The average Bonchev–Trinajstić information content (AvgIpc) is 3.42. The van der Waals surface area contributed by atoms with Crippen molar-refractivity contribution in [2.75, 3.05) is 39.2 Å². The van der Waals surface area contributed by atoms with Crippen LogP contribution in [0.25, 0.3) is 27.7 Å². The molecule has 1 fully saturated rings. The van der Waals surface area contributed by atoms with Crippen LogP contribution >= 0.6 is 0 Å². The number of likely N-dealkylation sites (tertiary alicyclic amines) is 1. The van der Waals surface area contributed by atoms with Crippen molar-refractivity contribution in [1.29, 1.82) is 0 Å². The Morgan fingerprint density at radius 1 is 1.26 bits per heavy atom. The molecule has 5 rings (SSSR count). The molecule has 0 radical (unpaired) electrons. The Morgan fingerprint density at radius 2 is 2.06 bits per heavy atom. The topological polar surface area (TPSA) is 72.5 Å². The van der Waals surface area contributed by atoms with E-state index in [9.17, 15) is 17.6 Å². The summed E-state index contributed by atoms with van der Waals surface area (Å²) in [5.74, 6) is -2.84. The minimum Gasteiger partial charge on any atom is -0.479 e. The second-order valence-electron chi connectivity index (χ2n) is 8.45. The molecule has 180 valence electrons. The highest BCUT2D eigenvalue weighted by Gasteiger charge is 2.47. The lowest BCUT2D eigenvalue weighted by Gasteiger charge is -2.19. The van der Waals surface area contributed by atoms with Crippen LogP contribution in [0.2, 0.25) is 0 Å². The van der Waals surface area contributed by atoms with Crippen LogP contribution in [0.1, 0.15) is 5.82 Å². The van der Waals surface area contributed by atoms with Gasteiger partial charge in [-0.2, -0.15) is 4.98 Å². The van der Waals surface area contributed by atoms with Crippen molar-refractivity contribution in [3.05, 3.63) is 36.0 Å². The average molecular weight is 477 g/mol. The maximum atomic E-state index is 14.9. The van der Waals surface area contributed by atoms with Gasteiger partial charge < -0.3 is 14.6 Å². The van der Waals surface area contributed by atoms with Crippen LogP contribution in [0.5, 0.6) is 5.88 Å². The van der Waals surface area contributed by atoms with E-state index >= 15 is 0 Å². The number of hydrogen-bond donors (Lipinski definition) is 1. The summed E-state index contributed by atoms with van der Waals surface area (Å²) >= 11 is 0. The quantitative estimate of drug-likeness (QED) is 0.429. The maximum Gasteiger partial charge on any atom is 0.281 e. The Balaban J connectivity index is 1.59. The third kappa shape index (κ3) is 3.61. The molecule has 4 aromatic rings. The van der Waals surface area contributed by atoms with Crippen molar-refractivity contribution >= 4 is 22.5 Å². The number of halogens is 4. The summed E-state index contributed by atoms with van der Waals surface area (Å²) in [5.41, 5.74) is 2.14. The van der Waals surface area contributed by atoms with Gasteiger partial charge in [-0.1, -0.05) is 0 Å². The molecule has 8 nitrogen and oxygen atoms in total. The molecular weight excluding hydrogens is 454 g/mol. The predicted octanol–water partition coefficient (Wildman–Crippen LogP) is 3.53. The fraction of sp³-hybridized carbons (Fsp3) is 0.409. The third-order valence-corrected chi connectivity index (χ3v) is 6.08. The lowest BCUT2D eigenvalue weighted by Crippen LogP contribution is -2.38.